The van der Waals surface area contributed by atoms with Gasteiger partial charge in [0.2, 0.25) is 0 Å². The number of rotatable bonds is 3. The van der Waals surface area contributed by atoms with Crippen LogP contribution in [0.1, 0.15) is 49.1 Å². The number of ether oxygens (including phenoxy) is 1. The van der Waals surface area contributed by atoms with E-state index in [-0.39, 0.29) is 11.7 Å². The average Bonchev–Trinajstić information content (AvgIpc) is 3.19. The van der Waals surface area contributed by atoms with Gasteiger partial charge in [-0.25, -0.2) is 4.79 Å². The molecule has 1 aromatic carbocycles. The standard InChI is InChI=1S/C19H23NO2S/c21-18-20(14-19(22-18)9-2-1-3-10-19)12-15-4-6-16(7-5-15)17-8-11-23-13-17/h4-8,11,17H,1-3,9-10,12-14H2. The highest BCUT2D eigenvalue weighted by Crippen LogP contribution is 2.37. The largest absolute Gasteiger partial charge is 0.441 e. The summed E-state index contributed by atoms with van der Waals surface area (Å²) in [5.74, 6) is 1.68. The highest BCUT2D eigenvalue weighted by molar-refractivity contribution is 8.02. The third-order valence-corrected chi connectivity index (χ3v) is 6.17. The molecule has 1 amide bonds. The maximum atomic E-state index is 12.2. The van der Waals surface area contributed by atoms with Crippen molar-refractivity contribution in [2.45, 2.75) is 50.2 Å². The van der Waals surface area contributed by atoms with E-state index in [2.05, 4.69) is 35.7 Å². The number of carbonyl (C=O) groups is 1. The zero-order chi connectivity index (χ0) is 15.7. The van der Waals surface area contributed by atoms with Gasteiger partial charge in [-0.05, 0) is 42.2 Å². The maximum absolute atomic E-state index is 12.2. The van der Waals surface area contributed by atoms with E-state index in [1.54, 1.807) is 0 Å². The van der Waals surface area contributed by atoms with Crippen molar-refractivity contribution >= 4 is 17.9 Å². The van der Waals surface area contributed by atoms with E-state index < -0.39 is 0 Å². The summed E-state index contributed by atoms with van der Waals surface area (Å²) in [5.41, 5.74) is 2.36. The van der Waals surface area contributed by atoms with Crippen molar-refractivity contribution in [2.24, 2.45) is 0 Å². The Hall–Kier alpha value is -1.42. The molecule has 0 radical (unpaired) electrons. The van der Waals surface area contributed by atoms with E-state index in [0.717, 1.165) is 25.1 Å². The molecule has 2 heterocycles. The van der Waals surface area contributed by atoms with Crippen molar-refractivity contribution in [1.82, 2.24) is 4.90 Å². The first kappa shape index (κ1) is 15.1. The van der Waals surface area contributed by atoms with Crippen LogP contribution in [0.5, 0.6) is 0 Å². The lowest BCUT2D eigenvalue weighted by Gasteiger charge is -2.30. The van der Waals surface area contributed by atoms with E-state index in [4.69, 9.17) is 4.74 Å². The average molecular weight is 329 g/mol. The first-order valence-corrected chi connectivity index (χ1v) is 9.64. The Kier molecular flexibility index (Phi) is 4.10. The summed E-state index contributed by atoms with van der Waals surface area (Å²) in [6.45, 7) is 1.42. The number of allylic oxidation sites excluding steroid dienone is 1. The molecule has 122 valence electrons. The maximum Gasteiger partial charge on any atom is 0.410 e. The van der Waals surface area contributed by atoms with Crippen LogP contribution >= 0.6 is 11.8 Å². The summed E-state index contributed by atoms with van der Waals surface area (Å²) >= 11 is 1.87. The van der Waals surface area contributed by atoms with Gasteiger partial charge in [-0.1, -0.05) is 36.8 Å². The van der Waals surface area contributed by atoms with Crippen molar-refractivity contribution in [3.63, 3.8) is 0 Å². The number of hydrogen-bond acceptors (Lipinski definition) is 3. The van der Waals surface area contributed by atoms with Gasteiger partial charge in [0.25, 0.3) is 0 Å². The van der Waals surface area contributed by atoms with Crippen LogP contribution in [0.3, 0.4) is 0 Å². The summed E-state index contributed by atoms with van der Waals surface area (Å²) in [6, 6.07) is 8.72. The Labute approximate surface area is 142 Å². The van der Waals surface area contributed by atoms with Crippen LogP contribution in [0.25, 0.3) is 0 Å². The van der Waals surface area contributed by atoms with Gasteiger partial charge in [-0.3, -0.25) is 4.90 Å². The Morgan fingerprint density at radius 1 is 1.17 bits per heavy atom. The molecule has 1 aliphatic carbocycles. The van der Waals surface area contributed by atoms with E-state index in [0.29, 0.717) is 12.5 Å². The van der Waals surface area contributed by atoms with E-state index in [1.165, 1.54) is 30.4 Å². The van der Waals surface area contributed by atoms with E-state index >= 15 is 0 Å². The fourth-order valence-corrected chi connectivity index (χ4v) is 4.86. The highest BCUT2D eigenvalue weighted by atomic mass is 32.2. The Balaban J connectivity index is 1.41. The Morgan fingerprint density at radius 3 is 2.65 bits per heavy atom. The Bertz CT molecular complexity index is 604. The molecular formula is C19H23NO2S. The van der Waals surface area contributed by atoms with Crippen molar-refractivity contribution in [3.8, 4) is 0 Å². The molecule has 0 bridgehead atoms. The molecule has 4 rings (SSSR count). The minimum absolute atomic E-state index is 0.133. The second-order valence-corrected chi connectivity index (χ2v) is 7.92. The fraction of sp³-hybridized carbons (Fsp3) is 0.526. The van der Waals surface area contributed by atoms with Gasteiger partial charge in [0, 0.05) is 18.2 Å². The lowest BCUT2D eigenvalue weighted by atomic mass is 9.85. The smallest absolute Gasteiger partial charge is 0.410 e. The molecule has 0 aromatic heterocycles. The van der Waals surface area contributed by atoms with Gasteiger partial charge >= 0.3 is 6.09 Å². The van der Waals surface area contributed by atoms with Crippen molar-refractivity contribution in [3.05, 3.63) is 46.9 Å². The molecule has 4 heteroatoms. The van der Waals surface area contributed by atoms with Gasteiger partial charge in [0.05, 0.1) is 6.54 Å². The number of amides is 1. The number of hydrogen-bond donors (Lipinski definition) is 0. The minimum Gasteiger partial charge on any atom is -0.441 e. The molecule has 1 aromatic rings. The first-order valence-electron chi connectivity index (χ1n) is 8.59. The monoisotopic (exact) mass is 329 g/mol. The summed E-state index contributed by atoms with van der Waals surface area (Å²) in [6.07, 6.45) is 7.83. The summed E-state index contributed by atoms with van der Waals surface area (Å²) in [4.78, 5) is 14.1. The van der Waals surface area contributed by atoms with Gasteiger partial charge in [0.15, 0.2) is 0 Å². The molecule has 0 N–H and O–H groups in total. The number of carbonyl (C=O) groups excluding carboxylic acids is 1. The van der Waals surface area contributed by atoms with Crippen molar-refractivity contribution in [1.29, 1.82) is 0 Å². The second-order valence-electron chi connectivity index (χ2n) is 6.98. The molecule has 3 nitrogen and oxygen atoms in total. The molecule has 2 aliphatic heterocycles. The summed E-state index contributed by atoms with van der Waals surface area (Å²) < 4.78 is 5.75. The molecule has 3 aliphatic rings. The van der Waals surface area contributed by atoms with Crippen LogP contribution in [0.2, 0.25) is 0 Å². The summed E-state index contributed by atoms with van der Waals surface area (Å²) in [5, 5.41) is 2.18. The van der Waals surface area contributed by atoms with E-state index in [9.17, 15) is 4.79 Å². The van der Waals surface area contributed by atoms with Gasteiger partial charge in [-0.2, -0.15) is 0 Å². The topological polar surface area (TPSA) is 29.5 Å². The number of thioether (sulfide) groups is 1. The molecule has 1 atom stereocenters. The quantitative estimate of drug-likeness (QED) is 0.806. The third-order valence-electron chi connectivity index (χ3n) is 5.27. The normalized spacial score (nSPS) is 26.0. The zero-order valence-corrected chi connectivity index (χ0v) is 14.2. The fourth-order valence-electron chi connectivity index (χ4n) is 3.93. The van der Waals surface area contributed by atoms with Crippen LogP contribution in [0.4, 0.5) is 4.79 Å². The molecule has 1 saturated heterocycles. The predicted octanol–water partition coefficient (Wildman–Crippen LogP) is 4.69. The van der Waals surface area contributed by atoms with Crippen LogP contribution in [0.15, 0.2) is 35.7 Å². The lowest BCUT2D eigenvalue weighted by Crippen LogP contribution is -2.36. The molecule has 1 unspecified atom stereocenters. The van der Waals surface area contributed by atoms with Gasteiger partial charge < -0.3 is 4.74 Å². The SMILES string of the molecule is O=C1OC2(CCCCC2)CN1Cc1ccc(C2C=CSC2)cc1. The van der Waals surface area contributed by atoms with Crippen LogP contribution < -0.4 is 0 Å². The minimum atomic E-state index is -0.193. The molecule has 23 heavy (non-hydrogen) atoms. The molecule has 2 fully saturated rings. The third kappa shape index (κ3) is 3.14. The number of benzene rings is 1. The van der Waals surface area contributed by atoms with Crippen LogP contribution in [-0.2, 0) is 11.3 Å². The summed E-state index contributed by atoms with van der Waals surface area (Å²) in [7, 11) is 0. The van der Waals surface area contributed by atoms with Crippen LogP contribution in [-0.4, -0.2) is 28.9 Å². The first-order chi connectivity index (χ1) is 11.2. The van der Waals surface area contributed by atoms with Crippen LogP contribution in [0, 0.1) is 0 Å². The molecule has 1 spiro atoms. The predicted molar refractivity (Wildman–Crippen MR) is 93.5 cm³/mol. The van der Waals surface area contributed by atoms with Crippen molar-refractivity contribution < 1.29 is 9.53 Å². The second kappa shape index (κ2) is 6.23. The van der Waals surface area contributed by atoms with Gasteiger partial charge in [-0.15, -0.1) is 11.8 Å². The Morgan fingerprint density at radius 2 is 1.96 bits per heavy atom. The highest BCUT2D eigenvalue weighted by Gasteiger charge is 2.45. The zero-order valence-electron chi connectivity index (χ0n) is 13.4. The van der Waals surface area contributed by atoms with Crippen molar-refractivity contribution in [2.75, 3.05) is 12.3 Å². The molecule has 1 saturated carbocycles. The van der Waals surface area contributed by atoms with E-state index in [1.807, 2.05) is 16.7 Å². The van der Waals surface area contributed by atoms with Gasteiger partial charge in [0.1, 0.15) is 5.60 Å². The number of nitrogens with zero attached hydrogens (tertiary/aromatic N) is 1. The lowest BCUT2D eigenvalue weighted by molar-refractivity contribution is 0.0260. The molecular weight excluding hydrogens is 306 g/mol.